The molecule has 0 amide bonds. The van der Waals surface area contributed by atoms with Crippen molar-refractivity contribution < 1.29 is 0 Å². The highest BCUT2D eigenvalue weighted by Gasteiger charge is 2.29. The third kappa shape index (κ3) is 2.11. The van der Waals surface area contributed by atoms with E-state index in [9.17, 15) is 0 Å². The molecule has 2 N–H and O–H groups in total. The summed E-state index contributed by atoms with van der Waals surface area (Å²) in [7, 11) is 0. The van der Waals surface area contributed by atoms with Crippen LogP contribution in [0.1, 0.15) is 44.7 Å². The second kappa shape index (κ2) is 4.55. The monoisotopic (exact) mass is 257 g/mol. The quantitative estimate of drug-likeness (QED) is 0.841. The van der Waals surface area contributed by atoms with Gasteiger partial charge in [0.1, 0.15) is 0 Å². The fraction of sp³-hybridized carbons (Fsp3) is 0.562. The Morgan fingerprint density at radius 3 is 2.79 bits per heavy atom. The molecule has 1 saturated carbocycles. The highest BCUT2D eigenvalue weighted by atomic mass is 15.2. The van der Waals surface area contributed by atoms with Gasteiger partial charge in [-0.3, -0.25) is 0 Å². The van der Waals surface area contributed by atoms with Crippen molar-refractivity contribution in [3.8, 4) is 0 Å². The number of rotatable bonds is 1. The zero-order chi connectivity index (χ0) is 13.6. The molecule has 3 rings (SSSR count). The summed E-state index contributed by atoms with van der Waals surface area (Å²) in [4.78, 5) is 4.54. The van der Waals surface area contributed by atoms with E-state index in [4.69, 9.17) is 5.73 Å². The fourth-order valence-corrected chi connectivity index (χ4v) is 3.61. The van der Waals surface area contributed by atoms with E-state index in [1.807, 2.05) is 0 Å². The van der Waals surface area contributed by atoms with Crippen LogP contribution >= 0.6 is 0 Å². The number of aryl methyl sites for hydroxylation is 1. The van der Waals surface area contributed by atoms with E-state index < -0.39 is 0 Å². The number of fused-ring (bicyclic) bond motifs is 1. The first-order valence-corrected chi connectivity index (χ1v) is 7.30. The van der Waals surface area contributed by atoms with E-state index in [2.05, 4.69) is 48.5 Å². The number of hydrogen-bond acceptors (Lipinski definition) is 2. The Hall–Kier alpha value is -1.51. The molecule has 3 atom stereocenters. The molecule has 1 aromatic heterocycles. The lowest BCUT2D eigenvalue weighted by Crippen LogP contribution is -2.25. The van der Waals surface area contributed by atoms with Crippen molar-refractivity contribution in [2.45, 2.75) is 46.1 Å². The zero-order valence-electron chi connectivity index (χ0n) is 12.1. The summed E-state index contributed by atoms with van der Waals surface area (Å²) in [5.41, 5.74) is 9.64. The lowest BCUT2D eigenvalue weighted by atomic mass is 9.79. The summed E-state index contributed by atoms with van der Waals surface area (Å²) in [6.07, 6.45) is 3.79. The largest absolute Gasteiger partial charge is 0.369 e. The average molecular weight is 257 g/mol. The molecule has 3 heteroatoms. The van der Waals surface area contributed by atoms with Gasteiger partial charge in [-0.2, -0.15) is 0 Å². The second-order valence-corrected chi connectivity index (χ2v) is 6.30. The molecule has 3 nitrogen and oxygen atoms in total. The number of aromatic nitrogens is 2. The van der Waals surface area contributed by atoms with Crippen LogP contribution in [0.4, 0.5) is 5.95 Å². The van der Waals surface area contributed by atoms with E-state index in [0.29, 0.717) is 17.9 Å². The predicted molar refractivity (Wildman–Crippen MR) is 80.1 cm³/mol. The van der Waals surface area contributed by atoms with Crippen LogP contribution in [0.2, 0.25) is 0 Å². The van der Waals surface area contributed by atoms with Gasteiger partial charge in [0.2, 0.25) is 5.95 Å². The summed E-state index contributed by atoms with van der Waals surface area (Å²) in [6.45, 7) is 6.80. The molecule has 102 valence electrons. The molecular formula is C16H23N3. The number of benzene rings is 1. The Labute approximate surface area is 114 Å². The van der Waals surface area contributed by atoms with Crippen LogP contribution < -0.4 is 5.73 Å². The zero-order valence-corrected chi connectivity index (χ0v) is 12.1. The third-order valence-corrected chi connectivity index (χ3v) is 4.59. The Morgan fingerprint density at radius 2 is 2.05 bits per heavy atom. The number of nitrogens with zero attached hydrogens (tertiary/aromatic N) is 2. The number of imidazole rings is 1. The summed E-state index contributed by atoms with van der Waals surface area (Å²) in [5, 5.41) is 0. The average Bonchev–Trinajstić information content (AvgIpc) is 2.65. The van der Waals surface area contributed by atoms with Crippen molar-refractivity contribution in [2.75, 3.05) is 5.73 Å². The van der Waals surface area contributed by atoms with Crippen LogP contribution in [0.15, 0.2) is 18.2 Å². The highest BCUT2D eigenvalue weighted by Crippen LogP contribution is 2.39. The number of nitrogen functional groups attached to an aromatic ring is 1. The molecule has 0 aliphatic heterocycles. The van der Waals surface area contributed by atoms with Gasteiger partial charge >= 0.3 is 0 Å². The van der Waals surface area contributed by atoms with Gasteiger partial charge in [-0.1, -0.05) is 19.9 Å². The molecule has 1 aliphatic rings. The molecule has 1 fully saturated rings. The van der Waals surface area contributed by atoms with Gasteiger partial charge in [-0.15, -0.1) is 0 Å². The normalized spacial score (nSPS) is 27.8. The Bertz CT molecular complexity index is 599. The van der Waals surface area contributed by atoms with E-state index >= 15 is 0 Å². The molecule has 19 heavy (non-hydrogen) atoms. The molecule has 0 spiro atoms. The minimum atomic E-state index is 0.504. The molecule has 1 heterocycles. The van der Waals surface area contributed by atoms with Crippen molar-refractivity contribution in [2.24, 2.45) is 11.8 Å². The van der Waals surface area contributed by atoms with Crippen LogP contribution in [0.3, 0.4) is 0 Å². The lowest BCUT2D eigenvalue weighted by molar-refractivity contribution is 0.213. The topological polar surface area (TPSA) is 43.8 Å². The van der Waals surface area contributed by atoms with E-state index in [0.717, 1.165) is 11.4 Å². The van der Waals surface area contributed by atoms with Crippen molar-refractivity contribution in [3.05, 3.63) is 23.8 Å². The third-order valence-electron chi connectivity index (χ3n) is 4.59. The van der Waals surface area contributed by atoms with Gasteiger partial charge in [-0.05, 0) is 55.7 Å². The summed E-state index contributed by atoms with van der Waals surface area (Å²) >= 11 is 0. The molecular weight excluding hydrogens is 234 g/mol. The van der Waals surface area contributed by atoms with Gasteiger partial charge in [0, 0.05) is 6.04 Å². The second-order valence-electron chi connectivity index (χ2n) is 6.30. The standard InChI is InChI=1S/C16H23N3/c1-10-4-6-14(12(3)8-10)19-15-7-5-11(2)9-13(15)18-16(19)17/h5,7,9-10,12,14H,4,6,8H2,1-3H3,(H2,17,18). The molecule has 3 unspecified atom stereocenters. The van der Waals surface area contributed by atoms with Crippen LogP contribution in [0.25, 0.3) is 11.0 Å². The maximum atomic E-state index is 6.18. The Kier molecular flexibility index (Phi) is 3.00. The van der Waals surface area contributed by atoms with Crippen molar-refractivity contribution in [1.82, 2.24) is 9.55 Å². The highest BCUT2D eigenvalue weighted by molar-refractivity contribution is 5.79. The van der Waals surface area contributed by atoms with Crippen molar-refractivity contribution >= 4 is 17.0 Å². The van der Waals surface area contributed by atoms with Gasteiger partial charge in [0.25, 0.3) is 0 Å². The lowest BCUT2D eigenvalue weighted by Gasteiger charge is -2.34. The van der Waals surface area contributed by atoms with Crippen molar-refractivity contribution in [1.29, 1.82) is 0 Å². The maximum Gasteiger partial charge on any atom is 0.201 e. The van der Waals surface area contributed by atoms with Gasteiger partial charge < -0.3 is 10.3 Å². The molecule has 1 aromatic carbocycles. The molecule has 1 aliphatic carbocycles. The van der Waals surface area contributed by atoms with Crippen LogP contribution in [-0.4, -0.2) is 9.55 Å². The number of hydrogen-bond donors (Lipinski definition) is 1. The first kappa shape index (κ1) is 12.5. The van der Waals surface area contributed by atoms with Crippen LogP contribution in [-0.2, 0) is 0 Å². The van der Waals surface area contributed by atoms with Gasteiger partial charge in [0.05, 0.1) is 11.0 Å². The summed E-state index contributed by atoms with van der Waals surface area (Å²) in [6, 6.07) is 6.94. The first-order chi connectivity index (χ1) is 9.06. The minimum absolute atomic E-state index is 0.504. The van der Waals surface area contributed by atoms with Gasteiger partial charge in [0.15, 0.2) is 0 Å². The first-order valence-electron chi connectivity index (χ1n) is 7.30. The number of anilines is 1. The van der Waals surface area contributed by atoms with E-state index in [1.165, 1.54) is 30.3 Å². The predicted octanol–water partition coefficient (Wildman–Crippen LogP) is 3.92. The molecule has 0 saturated heterocycles. The van der Waals surface area contributed by atoms with E-state index in [-0.39, 0.29) is 0 Å². The molecule has 0 bridgehead atoms. The Balaban J connectivity index is 2.07. The maximum absolute atomic E-state index is 6.18. The summed E-state index contributed by atoms with van der Waals surface area (Å²) < 4.78 is 2.27. The van der Waals surface area contributed by atoms with Crippen LogP contribution in [0.5, 0.6) is 0 Å². The van der Waals surface area contributed by atoms with Gasteiger partial charge in [-0.25, -0.2) is 4.98 Å². The SMILES string of the molecule is Cc1ccc2c(c1)nc(N)n2C1CCC(C)CC1C. The van der Waals surface area contributed by atoms with E-state index in [1.54, 1.807) is 0 Å². The number of nitrogens with two attached hydrogens (primary N) is 1. The van der Waals surface area contributed by atoms with Crippen LogP contribution in [0, 0.1) is 18.8 Å². The summed E-state index contributed by atoms with van der Waals surface area (Å²) in [5.74, 6) is 2.18. The van der Waals surface area contributed by atoms with Crippen molar-refractivity contribution in [3.63, 3.8) is 0 Å². The minimum Gasteiger partial charge on any atom is -0.369 e. The molecule has 2 aromatic rings. The Morgan fingerprint density at radius 1 is 1.26 bits per heavy atom. The molecule has 0 radical (unpaired) electrons. The fourth-order valence-electron chi connectivity index (χ4n) is 3.61. The smallest absolute Gasteiger partial charge is 0.201 e.